The second kappa shape index (κ2) is 3.56. The van der Waals surface area contributed by atoms with Gasteiger partial charge in [-0.25, -0.2) is 4.79 Å². The maximum absolute atomic E-state index is 10.1. The predicted molar refractivity (Wildman–Crippen MR) is 43.1 cm³/mol. The summed E-state index contributed by atoms with van der Waals surface area (Å²) in [5.74, 6) is -0.922. The SMILES string of the molecule is O=C(O)/C=[13CH]\c1ccccc1. The maximum Gasteiger partial charge on any atom is 0.328 e. The van der Waals surface area contributed by atoms with E-state index < -0.39 is 5.97 Å². The van der Waals surface area contributed by atoms with Crippen molar-refractivity contribution in [3.05, 3.63) is 42.0 Å². The molecule has 0 bridgehead atoms. The highest BCUT2D eigenvalue weighted by Crippen LogP contribution is 1.99. The summed E-state index contributed by atoms with van der Waals surface area (Å²) in [6.07, 6.45) is 2.68. The number of carboxylic acid groups (broad SMARTS) is 1. The Balaban J connectivity index is 2.72. The van der Waals surface area contributed by atoms with Crippen molar-refractivity contribution in [2.45, 2.75) is 0 Å². The van der Waals surface area contributed by atoms with Gasteiger partial charge in [0.05, 0.1) is 0 Å². The van der Waals surface area contributed by atoms with Gasteiger partial charge in [-0.3, -0.25) is 0 Å². The van der Waals surface area contributed by atoms with Gasteiger partial charge in [0.15, 0.2) is 0 Å². The van der Waals surface area contributed by atoms with Crippen LogP contribution >= 0.6 is 0 Å². The van der Waals surface area contributed by atoms with Crippen LogP contribution in [0.15, 0.2) is 36.4 Å². The van der Waals surface area contributed by atoms with Crippen LogP contribution in [0, 0.1) is 0 Å². The molecule has 0 saturated carbocycles. The molecule has 2 nitrogen and oxygen atoms in total. The minimum absolute atomic E-state index is 0.898. The molecule has 1 rings (SSSR count). The van der Waals surface area contributed by atoms with Crippen LogP contribution in [0.4, 0.5) is 0 Å². The van der Waals surface area contributed by atoms with Crippen LogP contribution in [-0.4, -0.2) is 11.1 Å². The molecular formula is C9H8O2. The van der Waals surface area contributed by atoms with E-state index >= 15 is 0 Å². The number of aliphatic carboxylic acids is 1. The first-order chi connectivity index (χ1) is 5.29. The number of hydrogen-bond acceptors (Lipinski definition) is 1. The van der Waals surface area contributed by atoms with Crippen LogP contribution in [0.2, 0.25) is 0 Å². The lowest BCUT2D eigenvalue weighted by Gasteiger charge is -1.87. The zero-order valence-electron chi connectivity index (χ0n) is 5.90. The quantitative estimate of drug-likeness (QED) is 0.514. The van der Waals surface area contributed by atoms with Crippen LogP contribution < -0.4 is 0 Å². The Hall–Kier alpha value is -1.57. The Morgan fingerprint density at radius 2 is 1.91 bits per heavy atom. The lowest BCUT2D eigenvalue weighted by atomic mass is 10.3. The summed E-state index contributed by atoms with van der Waals surface area (Å²) in [4.78, 5) is 10.1. The summed E-state index contributed by atoms with van der Waals surface area (Å²) >= 11 is 0. The highest BCUT2D eigenvalue weighted by atomic mass is 16.4. The molecule has 0 saturated heterocycles. The van der Waals surface area contributed by atoms with E-state index in [1.165, 1.54) is 0 Å². The van der Waals surface area contributed by atoms with E-state index in [4.69, 9.17) is 5.11 Å². The van der Waals surface area contributed by atoms with Gasteiger partial charge in [0.1, 0.15) is 0 Å². The van der Waals surface area contributed by atoms with Gasteiger partial charge in [0, 0.05) is 6.08 Å². The molecule has 1 N–H and O–H groups in total. The third-order valence-electron chi connectivity index (χ3n) is 1.22. The summed E-state index contributed by atoms with van der Waals surface area (Å²) in [7, 11) is 0. The molecule has 0 radical (unpaired) electrons. The molecule has 56 valence electrons. The van der Waals surface area contributed by atoms with Gasteiger partial charge in [-0.1, -0.05) is 30.3 Å². The van der Waals surface area contributed by atoms with Gasteiger partial charge in [-0.05, 0) is 11.6 Å². The predicted octanol–water partition coefficient (Wildman–Crippen LogP) is 1.78. The molecule has 0 aliphatic carbocycles. The second-order valence-electron chi connectivity index (χ2n) is 2.08. The topological polar surface area (TPSA) is 37.3 Å². The largest absolute Gasteiger partial charge is 0.478 e. The Morgan fingerprint density at radius 3 is 2.45 bits per heavy atom. The third-order valence-corrected chi connectivity index (χ3v) is 1.22. The molecule has 0 aromatic heterocycles. The summed E-state index contributed by atoms with van der Waals surface area (Å²) in [6.45, 7) is 0. The van der Waals surface area contributed by atoms with Gasteiger partial charge in [-0.15, -0.1) is 0 Å². The second-order valence-corrected chi connectivity index (χ2v) is 2.08. The Morgan fingerprint density at radius 1 is 1.27 bits per heavy atom. The highest BCUT2D eigenvalue weighted by Gasteiger charge is 1.85. The molecule has 0 spiro atoms. The first-order valence-electron chi connectivity index (χ1n) is 3.25. The van der Waals surface area contributed by atoms with Crippen molar-refractivity contribution in [1.82, 2.24) is 0 Å². The van der Waals surface area contributed by atoms with Gasteiger partial charge < -0.3 is 5.11 Å². The van der Waals surface area contributed by atoms with Crippen molar-refractivity contribution in [3.8, 4) is 0 Å². The van der Waals surface area contributed by atoms with E-state index in [2.05, 4.69) is 0 Å². The van der Waals surface area contributed by atoms with Crippen LogP contribution in [0.1, 0.15) is 5.56 Å². The standard InChI is InChI=1S/C9H8O2/c10-9(11)7-6-8-4-2-1-3-5-8/h1-7H,(H,10,11)/b7-6-/i6+1. The fourth-order valence-corrected chi connectivity index (χ4v) is 0.732. The molecule has 0 atom stereocenters. The minimum atomic E-state index is -0.922. The Bertz CT molecular complexity index is 262. The van der Waals surface area contributed by atoms with Gasteiger partial charge in [-0.2, -0.15) is 0 Å². The van der Waals surface area contributed by atoms with Gasteiger partial charge >= 0.3 is 5.97 Å². The van der Waals surface area contributed by atoms with Crippen molar-refractivity contribution in [2.75, 3.05) is 0 Å². The molecule has 0 aliphatic rings. The first-order valence-corrected chi connectivity index (χ1v) is 3.25. The molecule has 0 unspecified atom stereocenters. The first kappa shape index (κ1) is 7.54. The number of hydrogen-bond donors (Lipinski definition) is 1. The molecule has 0 aliphatic heterocycles. The number of rotatable bonds is 2. The van der Waals surface area contributed by atoms with Crippen LogP contribution in [0.5, 0.6) is 0 Å². The number of carboxylic acids is 1. The summed E-state index contributed by atoms with van der Waals surface area (Å²) < 4.78 is 0. The molecule has 11 heavy (non-hydrogen) atoms. The summed E-state index contributed by atoms with van der Waals surface area (Å²) in [5.41, 5.74) is 0.898. The average Bonchev–Trinajstić information content (AvgIpc) is 2.03. The fraction of sp³-hybridized carbons (Fsp3) is 0. The number of benzene rings is 1. The molecule has 0 heterocycles. The van der Waals surface area contributed by atoms with Crippen LogP contribution in [-0.2, 0) is 4.79 Å². The van der Waals surface area contributed by atoms with E-state index in [1.807, 2.05) is 30.3 Å². The molecule has 0 amide bonds. The fourth-order valence-electron chi connectivity index (χ4n) is 0.732. The lowest BCUT2D eigenvalue weighted by molar-refractivity contribution is -0.131. The smallest absolute Gasteiger partial charge is 0.328 e. The molecule has 1 aromatic rings. The Labute approximate surface area is 64.8 Å². The van der Waals surface area contributed by atoms with E-state index in [1.54, 1.807) is 6.08 Å². The van der Waals surface area contributed by atoms with Crippen LogP contribution in [0.25, 0.3) is 6.08 Å². The van der Waals surface area contributed by atoms with Crippen molar-refractivity contribution in [1.29, 1.82) is 0 Å². The summed E-state index contributed by atoms with van der Waals surface area (Å²) in [5, 5.41) is 8.29. The molecule has 0 fully saturated rings. The molecule has 1 aromatic carbocycles. The van der Waals surface area contributed by atoms with Crippen LogP contribution in [0.3, 0.4) is 0 Å². The van der Waals surface area contributed by atoms with Crippen molar-refractivity contribution in [3.63, 3.8) is 0 Å². The van der Waals surface area contributed by atoms with E-state index in [9.17, 15) is 4.79 Å². The number of carbonyl (C=O) groups is 1. The highest BCUT2D eigenvalue weighted by molar-refractivity contribution is 5.85. The normalized spacial score (nSPS) is 10.2. The van der Waals surface area contributed by atoms with E-state index in [0.29, 0.717) is 0 Å². The zero-order chi connectivity index (χ0) is 8.10. The Kier molecular flexibility index (Phi) is 2.44. The molecule has 2 heteroatoms. The van der Waals surface area contributed by atoms with Crippen molar-refractivity contribution < 1.29 is 9.90 Å². The minimum Gasteiger partial charge on any atom is -0.478 e. The maximum atomic E-state index is 10.1. The van der Waals surface area contributed by atoms with E-state index in [-0.39, 0.29) is 0 Å². The van der Waals surface area contributed by atoms with Gasteiger partial charge in [0.25, 0.3) is 0 Å². The lowest BCUT2D eigenvalue weighted by Crippen LogP contribution is -1.85. The molecular weight excluding hydrogens is 141 g/mol. The van der Waals surface area contributed by atoms with Crippen molar-refractivity contribution in [2.24, 2.45) is 0 Å². The van der Waals surface area contributed by atoms with Gasteiger partial charge in [0.2, 0.25) is 0 Å². The summed E-state index contributed by atoms with van der Waals surface area (Å²) in [6, 6.07) is 9.31. The average molecular weight is 149 g/mol. The third kappa shape index (κ3) is 2.67. The monoisotopic (exact) mass is 149 g/mol. The van der Waals surface area contributed by atoms with Crippen molar-refractivity contribution >= 4 is 12.0 Å². The van der Waals surface area contributed by atoms with E-state index in [0.717, 1.165) is 11.6 Å². The zero-order valence-corrected chi connectivity index (χ0v) is 5.90.